The number of carbonyl (C=O) groups excluding carboxylic acids is 2. The Morgan fingerprint density at radius 3 is 2.75 bits per heavy atom. The molecule has 1 atom stereocenters. The van der Waals surface area contributed by atoms with Crippen LogP contribution in [0.25, 0.3) is 0 Å². The van der Waals surface area contributed by atoms with Crippen LogP contribution in [0.1, 0.15) is 22.0 Å². The van der Waals surface area contributed by atoms with Crippen LogP contribution in [0.3, 0.4) is 0 Å². The van der Waals surface area contributed by atoms with Crippen LogP contribution in [0.4, 0.5) is 0 Å². The van der Waals surface area contributed by atoms with Crippen molar-refractivity contribution in [1.29, 1.82) is 0 Å². The van der Waals surface area contributed by atoms with E-state index >= 15 is 0 Å². The van der Waals surface area contributed by atoms with E-state index in [2.05, 4.69) is 6.58 Å². The molecule has 0 N–H and O–H groups in total. The van der Waals surface area contributed by atoms with E-state index in [-0.39, 0.29) is 36.8 Å². The number of carbonyl (C=O) groups is 2. The standard InChI is InChI=1S/C20H19Cl3N2O2S/c1-2-7-24(18(26)11-21)12-19(27)25-8-5-17-15(6-9-28-17)20(25)14-4-3-13(22)10-16(14)23/h2-4,6,9-10,20H,1,5,7-8,11-12H2. The fraction of sp³-hybridized carbons (Fsp3) is 0.300. The van der Waals surface area contributed by atoms with Gasteiger partial charge in [0, 0.05) is 28.0 Å². The molecule has 1 aromatic carbocycles. The molecule has 1 aliphatic rings. The fourth-order valence-corrected chi connectivity index (χ4v) is 4.98. The zero-order valence-corrected chi connectivity index (χ0v) is 18.1. The molecule has 28 heavy (non-hydrogen) atoms. The number of halogens is 3. The van der Waals surface area contributed by atoms with Crippen LogP contribution in [0.15, 0.2) is 42.3 Å². The van der Waals surface area contributed by atoms with Crippen molar-refractivity contribution in [3.63, 3.8) is 0 Å². The Kier molecular flexibility index (Phi) is 7.05. The third-order valence-electron chi connectivity index (χ3n) is 4.69. The molecule has 2 heterocycles. The quantitative estimate of drug-likeness (QED) is 0.462. The maximum Gasteiger partial charge on any atom is 0.243 e. The van der Waals surface area contributed by atoms with Gasteiger partial charge < -0.3 is 9.80 Å². The normalized spacial score (nSPS) is 15.8. The van der Waals surface area contributed by atoms with Crippen LogP contribution in [0, 0.1) is 0 Å². The molecule has 1 unspecified atom stereocenters. The van der Waals surface area contributed by atoms with Crippen molar-refractivity contribution in [1.82, 2.24) is 9.80 Å². The van der Waals surface area contributed by atoms with Crippen LogP contribution in [0.5, 0.6) is 0 Å². The number of hydrogen-bond acceptors (Lipinski definition) is 3. The molecule has 2 amide bonds. The van der Waals surface area contributed by atoms with Gasteiger partial charge in [-0.3, -0.25) is 9.59 Å². The molecular weight excluding hydrogens is 439 g/mol. The summed E-state index contributed by atoms with van der Waals surface area (Å²) in [6.07, 6.45) is 2.35. The minimum Gasteiger partial charge on any atom is -0.330 e. The predicted octanol–water partition coefficient (Wildman–Crippen LogP) is 4.78. The second kappa shape index (κ2) is 9.31. The van der Waals surface area contributed by atoms with Gasteiger partial charge in [-0.1, -0.05) is 35.3 Å². The molecule has 0 aliphatic carbocycles. The number of alkyl halides is 1. The Labute approximate surface area is 183 Å². The lowest BCUT2D eigenvalue weighted by Gasteiger charge is -2.37. The fourth-order valence-electron chi connectivity index (χ4n) is 3.39. The summed E-state index contributed by atoms with van der Waals surface area (Å²) in [6.45, 7) is 4.41. The van der Waals surface area contributed by atoms with Crippen molar-refractivity contribution in [3.8, 4) is 0 Å². The molecule has 0 fully saturated rings. The summed E-state index contributed by atoms with van der Waals surface area (Å²) >= 11 is 19.9. The topological polar surface area (TPSA) is 40.6 Å². The van der Waals surface area contributed by atoms with Gasteiger partial charge in [-0.15, -0.1) is 29.5 Å². The summed E-state index contributed by atoms with van der Waals surface area (Å²) in [5.74, 6) is -0.639. The van der Waals surface area contributed by atoms with Crippen molar-refractivity contribution in [2.75, 3.05) is 25.5 Å². The first-order valence-electron chi connectivity index (χ1n) is 8.71. The third-order valence-corrected chi connectivity index (χ3v) is 6.47. The van der Waals surface area contributed by atoms with E-state index < -0.39 is 0 Å². The third kappa shape index (κ3) is 4.38. The minimum atomic E-state index is -0.316. The van der Waals surface area contributed by atoms with Crippen LogP contribution in [-0.2, 0) is 16.0 Å². The van der Waals surface area contributed by atoms with Gasteiger partial charge in [0.05, 0.1) is 6.04 Å². The van der Waals surface area contributed by atoms with Gasteiger partial charge in [0.2, 0.25) is 11.8 Å². The van der Waals surface area contributed by atoms with Crippen molar-refractivity contribution in [3.05, 3.63) is 68.3 Å². The van der Waals surface area contributed by atoms with Crippen molar-refractivity contribution in [2.24, 2.45) is 0 Å². The van der Waals surface area contributed by atoms with Crippen molar-refractivity contribution in [2.45, 2.75) is 12.5 Å². The first kappa shape index (κ1) is 21.2. The summed E-state index contributed by atoms with van der Waals surface area (Å²) in [4.78, 5) is 29.7. The number of rotatable bonds is 6. The number of hydrogen-bond donors (Lipinski definition) is 0. The first-order valence-corrected chi connectivity index (χ1v) is 10.9. The number of amides is 2. The predicted molar refractivity (Wildman–Crippen MR) is 116 cm³/mol. The van der Waals surface area contributed by atoms with Crippen LogP contribution < -0.4 is 0 Å². The number of thiophene rings is 1. The first-order chi connectivity index (χ1) is 13.5. The maximum absolute atomic E-state index is 13.2. The molecule has 1 aliphatic heterocycles. The second-order valence-electron chi connectivity index (χ2n) is 6.40. The molecule has 4 nitrogen and oxygen atoms in total. The molecule has 1 aromatic heterocycles. The average Bonchev–Trinajstić information content (AvgIpc) is 3.15. The highest BCUT2D eigenvalue weighted by Crippen LogP contribution is 2.41. The minimum absolute atomic E-state index is 0.0568. The summed E-state index contributed by atoms with van der Waals surface area (Å²) in [7, 11) is 0. The SMILES string of the molecule is C=CCN(CC(=O)N1CCc2sccc2C1c1ccc(Cl)cc1Cl)C(=O)CCl. The summed E-state index contributed by atoms with van der Waals surface area (Å²) < 4.78 is 0. The number of fused-ring (bicyclic) bond motifs is 1. The van der Waals surface area contributed by atoms with Gasteiger partial charge >= 0.3 is 0 Å². The highest BCUT2D eigenvalue weighted by molar-refractivity contribution is 7.10. The Morgan fingerprint density at radius 2 is 2.07 bits per heavy atom. The largest absolute Gasteiger partial charge is 0.330 e. The molecule has 0 saturated heterocycles. The molecule has 0 saturated carbocycles. The lowest BCUT2D eigenvalue weighted by atomic mass is 9.93. The van der Waals surface area contributed by atoms with E-state index in [1.807, 2.05) is 17.5 Å². The van der Waals surface area contributed by atoms with E-state index in [1.54, 1.807) is 34.4 Å². The summed E-state index contributed by atoms with van der Waals surface area (Å²) in [6, 6.07) is 7.02. The van der Waals surface area contributed by atoms with Crippen LogP contribution in [0.2, 0.25) is 10.0 Å². The molecule has 0 spiro atoms. The van der Waals surface area contributed by atoms with E-state index in [1.165, 1.54) is 9.78 Å². The molecule has 2 aromatic rings. The monoisotopic (exact) mass is 456 g/mol. The Bertz CT molecular complexity index is 899. The van der Waals surface area contributed by atoms with Gasteiger partial charge in [-0.05, 0) is 41.1 Å². The van der Waals surface area contributed by atoms with Crippen LogP contribution >= 0.6 is 46.1 Å². The lowest BCUT2D eigenvalue weighted by molar-refractivity contribution is -0.140. The highest BCUT2D eigenvalue weighted by Gasteiger charge is 2.34. The van der Waals surface area contributed by atoms with Gasteiger partial charge in [-0.2, -0.15) is 0 Å². The highest BCUT2D eigenvalue weighted by atomic mass is 35.5. The Morgan fingerprint density at radius 1 is 1.29 bits per heavy atom. The van der Waals surface area contributed by atoms with E-state index in [0.29, 0.717) is 16.6 Å². The Balaban J connectivity index is 1.95. The van der Waals surface area contributed by atoms with Crippen molar-refractivity contribution < 1.29 is 9.59 Å². The van der Waals surface area contributed by atoms with Gasteiger partial charge in [-0.25, -0.2) is 0 Å². The smallest absolute Gasteiger partial charge is 0.243 e. The molecule has 8 heteroatoms. The zero-order valence-electron chi connectivity index (χ0n) is 15.0. The van der Waals surface area contributed by atoms with Crippen molar-refractivity contribution >= 4 is 58.0 Å². The van der Waals surface area contributed by atoms with Gasteiger partial charge in [0.25, 0.3) is 0 Å². The summed E-state index contributed by atoms with van der Waals surface area (Å²) in [5, 5.41) is 3.07. The summed E-state index contributed by atoms with van der Waals surface area (Å²) in [5.41, 5.74) is 1.88. The lowest BCUT2D eigenvalue weighted by Crippen LogP contribution is -2.47. The average molecular weight is 458 g/mol. The maximum atomic E-state index is 13.2. The molecule has 0 radical (unpaired) electrons. The van der Waals surface area contributed by atoms with Crippen LogP contribution in [-0.4, -0.2) is 47.1 Å². The zero-order chi connectivity index (χ0) is 20.3. The van der Waals surface area contributed by atoms with Gasteiger partial charge in [0.15, 0.2) is 0 Å². The van der Waals surface area contributed by atoms with E-state index in [0.717, 1.165) is 17.5 Å². The molecular formula is C20H19Cl3N2O2S. The van der Waals surface area contributed by atoms with Gasteiger partial charge in [0.1, 0.15) is 12.4 Å². The number of benzene rings is 1. The van der Waals surface area contributed by atoms with E-state index in [9.17, 15) is 9.59 Å². The Hall–Kier alpha value is -1.53. The molecule has 3 rings (SSSR count). The second-order valence-corrected chi connectivity index (χ2v) is 8.51. The molecule has 0 bridgehead atoms. The number of nitrogens with zero attached hydrogens (tertiary/aromatic N) is 2. The molecule has 148 valence electrons. The van der Waals surface area contributed by atoms with E-state index in [4.69, 9.17) is 34.8 Å².